The topological polar surface area (TPSA) is 413 Å². The second-order valence-electron chi connectivity index (χ2n) is 3.02. The third-order valence-corrected chi connectivity index (χ3v) is 0.898. The van der Waals surface area contributed by atoms with Crippen molar-refractivity contribution in [2.24, 2.45) is 11.5 Å². The van der Waals surface area contributed by atoms with Crippen molar-refractivity contribution < 1.29 is 152 Å². The van der Waals surface area contributed by atoms with Crippen LogP contribution >= 0.6 is 0 Å². The Morgan fingerprint density at radius 2 is 0.469 bits per heavy atom. The van der Waals surface area contributed by atoms with Crippen LogP contribution in [0.15, 0.2) is 0 Å². The van der Waals surface area contributed by atoms with Crippen molar-refractivity contribution in [2.45, 2.75) is 0 Å². The maximum Gasteiger partial charge on any atom is 1.00 e. The molecule has 0 unspecified atom stereocenters. The van der Waals surface area contributed by atoms with Crippen molar-refractivity contribution in [1.29, 1.82) is 0 Å². The van der Waals surface area contributed by atoms with Crippen LogP contribution in [0.25, 0.3) is 0 Å². The average Bonchev–Trinajstić information content (AvgIpc) is 2.56. The van der Waals surface area contributed by atoms with Gasteiger partial charge in [0, 0.05) is 13.1 Å². The summed E-state index contributed by atoms with van der Waals surface area (Å²) < 4.78 is 0. The van der Waals surface area contributed by atoms with Gasteiger partial charge in [0.05, 0.1) is 0 Å². The summed E-state index contributed by atoms with van der Waals surface area (Å²) in [6, 6.07) is 0. The van der Waals surface area contributed by atoms with E-state index in [-0.39, 0.29) is 72.9 Å². The van der Waals surface area contributed by atoms with Crippen molar-refractivity contribution in [3.8, 4) is 0 Å². The van der Waals surface area contributed by atoms with Gasteiger partial charge in [0.25, 0.3) is 0 Å². The molecule has 0 aliphatic rings. The quantitative estimate of drug-likeness (QED) is 0.117. The van der Waals surface area contributed by atoms with E-state index >= 15 is 0 Å². The van der Waals surface area contributed by atoms with E-state index in [4.69, 9.17) is 90.7 Å². The number of rotatable bonds is 1. The summed E-state index contributed by atoms with van der Waals surface area (Å²) in [4.78, 5) is 72.8. The summed E-state index contributed by atoms with van der Waals surface area (Å²) in [5, 5.41) is 59.1. The van der Waals surface area contributed by atoms with Crippen LogP contribution in [-0.2, 0) is 38.4 Å². The maximum atomic E-state index is 9.10. The summed E-state index contributed by atoms with van der Waals surface area (Å²) in [7, 11) is 0. The van der Waals surface area contributed by atoms with Gasteiger partial charge in [-0.3, -0.25) is 0 Å². The van der Waals surface area contributed by atoms with Gasteiger partial charge in [0.15, 0.2) is 0 Å². The van der Waals surface area contributed by atoms with Crippen molar-refractivity contribution in [2.75, 3.05) is 13.1 Å². The first kappa shape index (κ1) is 57.1. The smallest absolute Gasteiger partial charge is 1.00 e. The van der Waals surface area contributed by atoms with Gasteiger partial charge in [0.1, 0.15) is 0 Å². The molecule has 0 aromatic rings. The Balaban J connectivity index is -0.0000000208. The van der Waals surface area contributed by atoms with E-state index in [1.54, 1.807) is 0 Å². The first-order chi connectivity index (χ1) is 12.5. The van der Waals surface area contributed by atoms with Crippen molar-refractivity contribution >= 4 is 47.8 Å². The van der Waals surface area contributed by atoms with Crippen LogP contribution in [0.2, 0.25) is 0 Å². The van der Waals surface area contributed by atoms with Crippen molar-refractivity contribution in [1.82, 2.24) is 0 Å². The summed E-state index contributed by atoms with van der Waals surface area (Å²) >= 11 is 0. The van der Waals surface area contributed by atoms with Crippen LogP contribution in [0.4, 0.5) is 0 Å². The Hall–Kier alpha value is -2.40. The minimum atomic E-state index is -1.82. The minimum Gasteiger partial charge on any atom is -1.00 e. The van der Waals surface area contributed by atoms with Gasteiger partial charge in [0.2, 0.25) is 0 Å². The number of carboxylic acid groups (broad SMARTS) is 8. The SMILES string of the molecule is NCCN.O.O.O=C(O)C(=O)O.O=C(O)C(=O)O.O=C(O)C(=O)O.O=C(O)C(=O)O.[H-].[H-].[Na+].[Na+]. The molecule has 182 valence electrons. The molecule has 0 atom stereocenters. The molecule has 0 bridgehead atoms. The third kappa shape index (κ3) is 91.6. The molecule has 0 spiro atoms. The normalized spacial score (nSPS) is 6.44. The molecule has 0 aliphatic heterocycles. The van der Waals surface area contributed by atoms with E-state index in [2.05, 4.69) is 0 Å². The number of hydrogen-bond acceptors (Lipinski definition) is 10. The monoisotopic (exact) mass is 504 g/mol. The first-order valence-corrected chi connectivity index (χ1v) is 5.74. The minimum absolute atomic E-state index is 0. The van der Waals surface area contributed by atoms with Crippen molar-refractivity contribution in [3.63, 3.8) is 0 Å². The van der Waals surface area contributed by atoms with Crippen LogP contribution in [0, 0.1) is 0 Å². The van der Waals surface area contributed by atoms with E-state index in [9.17, 15) is 0 Å². The molecule has 0 rings (SSSR count). The van der Waals surface area contributed by atoms with Crippen molar-refractivity contribution in [3.05, 3.63) is 0 Å². The summed E-state index contributed by atoms with van der Waals surface area (Å²) in [5.74, 6) is -14.6. The molecule has 0 radical (unpaired) electrons. The third-order valence-electron chi connectivity index (χ3n) is 0.898. The van der Waals surface area contributed by atoms with Gasteiger partial charge in [-0.1, -0.05) is 0 Å². The number of nitrogens with two attached hydrogens (primary N) is 2. The largest absolute Gasteiger partial charge is 1.00 e. The second-order valence-corrected chi connectivity index (χ2v) is 3.02. The summed E-state index contributed by atoms with van der Waals surface area (Å²) in [5.41, 5.74) is 9.81. The molecular formula is C10H22N2Na2O18. The van der Waals surface area contributed by atoms with E-state index in [0.29, 0.717) is 13.1 Å². The fraction of sp³-hybridized carbons (Fsp3) is 0.200. The molecular weight excluding hydrogens is 482 g/mol. The van der Waals surface area contributed by atoms with Gasteiger partial charge in [-0.2, -0.15) is 0 Å². The summed E-state index contributed by atoms with van der Waals surface area (Å²) in [6.45, 7) is 1.19. The Morgan fingerprint density at radius 3 is 0.469 bits per heavy atom. The Morgan fingerprint density at radius 1 is 0.406 bits per heavy atom. The number of carboxylic acids is 8. The molecule has 0 saturated heterocycles. The zero-order chi connectivity index (χ0) is 24.0. The van der Waals surface area contributed by atoms with Crippen LogP contribution in [0.1, 0.15) is 2.85 Å². The standard InChI is InChI=1S/C2H8N2.4C2H2O4.2Na.2H2O.2H/c3-1-2-4;4*3-1(4)2(5)6;;;;;;/h1-4H2;4*(H,3,4)(H,5,6);;;2*1H2;;/q;;;;;2*+1;;;2*-1. The Kier molecular flexibility index (Phi) is 69.7. The van der Waals surface area contributed by atoms with Gasteiger partial charge in [-0.25, -0.2) is 38.4 Å². The molecule has 22 heteroatoms. The molecule has 0 amide bonds. The predicted molar refractivity (Wildman–Crippen MR) is 88.6 cm³/mol. The van der Waals surface area contributed by atoms with E-state index in [1.165, 1.54) is 0 Å². The van der Waals surface area contributed by atoms with E-state index < -0.39 is 47.8 Å². The number of carbonyl (C=O) groups is 8. The maximum absolute atomic E-state index is 9.10. The van der Waals surface area contributed by atoms with Crippen LogP contribution in [0.3, 0.4) is 0 Å². The molecule has 0 aromatic carbocycles. The molecule has 0 heterocycles. The molecule has 20 nitrogen and oxygen atoms in total. The van der Waals surface area contributed by atoms with Gasteiger partial charge in [-0.05, 0) is 0 Å². The molecule has 0 fully saturated rings. The van der Waals surface area contributed by atoms with Crippen LogP contribution in [0.5, 0.6) is 0 Å². The van der Waals surface area contributed by atoms with E-state index in [0.717, 1.165) is 0 Å². The average molecular weight is 504 g/mol. The van der Waals surface area contributed by atoms with Gasteiger partial charge < -0.3 is 66.1 Å². The van der Waals surface area contributed by atoms with Gasteiger partial charge >= 0.3 is 107 Å². The Labute approximate surface area is 223 Å². The summed E-state index contributed by atoms with van der Waals surface area (Å²) in [6.07, 6.45) is 0. The zero-order valence-corrected chi connectivity index (χ0v) is 20.4. The molecule has 0 saturated carbocycles. The van der Waals surface area contributed by atoms with Crippen LogP contribution in [-0.4, -0.2) is 113 Å². The van der Waals surface area contributed by atoms with Gasteiger partial charge in [-0.15, -0.1) is 0 Å². The predicted octanol–water partition coefficient (Wildman–Crippen LogP) is -11.9. The molecule has 0 aliphatic carbocycles. The zero-order valence-electron chi connectivity index (χ0n) is 18.4. The fourth-order valence-corrected chi connectivity index (χ4v) is 0. The number of aliphatic carboxylic acids is 8. The number of hydrogen-bond donors (Lipinski definition) is 10. The Bertz CT molecular complexity index is 445. The molecule has 16 N–H and O–H groups in total. The first-order valence-electron chi connectivity index (χ1n) is 5.74. The fourth-order valence-electron chi connectivity index (χ4n) is 0. The molecule has 32 heavy (non-hydrogen) atoms. The van der Waals surface area contributed by atoms with E-state index in [1.807, 2.05) is 0 Å². The second kappa shape index (κ2) is 39.1. The van der Waals surface area contributed by atoms with Crippen LogP contribution < -0.4 is 70.6 Å². The molecule has 0 aromatic heterocycles.